The molecule has 186 valence electrons. The molecule has 2 heterocycles. The van der Waals surface area contributed by atoms with Crippen LogP contribution in [-0.4, -0.2) is 25.1 Å². The number of nitrogens with one attached hydrogen (secondary N) is 2. The third kappa shape index (κ3) is 5.59. The van der Waals surface area contributed by atoms with Crippen molar-refractivity contribution in [2.75, 3.05) is 16.4 Å². The molecule has 5 aromatic rings. The van der Waals surface area contributed by atoms with E-state index in [1.165, 1.54) is 10.9 Å². The number of para-hydroxylation sites is 1. The molecule has 0 saturated heterocycles. The predicted octanol–water partition coefficient (Wildman–Crippen LogP) is 5.17. The zero-order valence-electron chi connectivity index (χ0n) is 20.1. The second-order valence-corrected chi connectivity index (χ2v) is 8.56. The largest absolute Gasteiger partial charge is 0.489 e. The van der Waals surface area contributed by atoms with Gasteiger partial charge in [0, 0.05) is 16.8 Å². The fourth-order valence-electron chi connectivity index (χ4n) is 3.69. The maximum Gasteiger partial charge on any atom is 0.176 e. The molecule has 3 aromatic carbocycles. The minimum atomic E-state index is 0.295. The Morgan fingerprint density at radius 2 is 1.68 bits per heavy atom. The second-order valence-electron chi connectivity index (χ2n) is 8.16. The van der Waals surface area contributed by atoms with Crippen LogP contribution in [0, 0.1) is 11.3 Å². The SMILES string of the molecule is N#Cc1cnn(-c2ccc(OCc3ccccc3NC(=S)Nc3ccc(-c4ccccc4)nn3)cc2)c1N. The summed E-state index contributed by atoms with van der Waals surface area (Å²) in [6.45, 7) is 0.319. The Morgan fingerprint density at radius 3 is 2.39 bits per heavy atom. The van der Waals surface area contributed by atoms with E-state index in [2.05, 4.69) is 25.9 Å². The molecule has 0 aliphatic carbocycles. The minimum Gasteiger partial charge on any atom is -0.489 e. The van der Waals surface area contributed by atoms with Crippen molar-refractivity contribution in [2.24, 2.45) is 0 Å². The van der Waals surface area contributed by atoms with E-state index in [9.17, 15) is 0 Å². The van der Waals surface area contributed by atoms with Gasteiger partial charge in [0.05, 0.1) is 17.6 Å². The lowest BCUT2D eigenvalue weighted by Crippen LogP contribution is -2.21. The summed E-state index contributed by atoms with van der Waals surface area (Å²) >= 11 is 5.49. The van der Waals surface area contributed by atoms with Crippen molar-refractivity contribution in [1.82, 2.24) is 20.0 Å². The average molecular weight is 519 g/mol. The van der Waals surface area contributed by atoms with E-state index in [4.69, 9.17) is 28.0 Å². The molecule has 38 heavy (non-hydrogen) atoms. The normalized spacial score (nSPS) is 10.4. The minimum absolute atomic E-state index is 0.295. The molecule has 10 heteroatoms. The first-order valence-corrected chi connectivity index (χ1v) is 12.0. The van der Waals surface area contributed by atoms with Crippen molar-refractivity contribution in [1.29, 1.82) is 5.26 Å². The molecule has 0 unspecified atom stereocenters. The molecule has 0 fully saturated rings. The lowest BCUT2D eigenvalue weighted by atomic mass is 10.1. The van der Waals surface area contributed by atoms with Crippen LogP contribution >= 0.6 is 12.2 Å². The van der Waals surface area contributed by atoms with Crippen molar-refractivity contribution in [3.63, 3.8) is 0 Å². The Balaban J connectivity index is 1.20. The zero-order chi connectivity index (χ0) is 26.3. The van der Waals surface area contributed by atoms with Gasteiger partial charge in [-0.3, -0.25) is 0 Å². The fraction of sp³-hybridized carbons (Fsp3) is 0.0357. The van der Waals surface area contributed by atoms with Gasteiger partial charge in [0.1, 0.15) is 29.8 Å². The Morgan fingerprint density at radius 1 is 0.921 bits per heavy atom. The van der Waals surface area contributed by atoms with Gasteiger partial charge in [-0.1, -0.05) is 48.5 Å². The second kappa shape index (κ2) is 11.2. The molecule has 9 nitrogen and oxygen atoms in total. The van der Waals surface area contributed by atoms with Crippen LogP contribution in [-0.2, 0) is 6.61 Å². The van der Waals surface area contributed by atoms with Gasteiger partial charge in [-0.05, 0) is 54.7 Å². The van der Waals surface area contributed by atoms with Crippen LogP contribution in [0.15, 0.2) is 97.2 Å². The van der Waals surface area contributed by atoms with E-state index in [0.29, 0.717) is 34.7 Å². The topological polar surface area (TPSA) is 127 Å². The zero-order valence-corrected chi connectivity index (χ0v) is 20.9. The quantitative estimate of drug-likeness (QED) is 0.250. The van der Waals surface area contributed by atoms with E-state index in [0.717, 1.165) is 28.2 Å². The Bertz CT molecular complexity index is 1590. The first kappa shape index (κ1) is 24.4. The highest BCUT2D eigenvalue weighted by Crippen LogP contribution is 2.22. The van der Waals surface area contributed by atoms with Gasteiger partial charge in [0.15, 0.2) is 10.9 Å². The lowest BCUT2D eigenvalue weighted by molar-refractivity contribution is 0.307. The first-order valence-electron chi connectivity index (χ1n) is 11.6. The molecule has 5 rings (SSSR count). The number of benzene rings is 3. The molecule has 0 bridgehead atoms. The monoisotopic (exact) mass is 518 g/mol. The highest BCUT2D eigenvalue weighted by molar-refractivity contribution is 7.80. The summed E-state index contributed by atoms with van der Waals surface area (Å²) in [5.41, 5.74) is 10.5. The van der Waals surface area contributed by atoms with Crippen molar-refractivity contribution in [3.05, 3.63) is 108 Å². The fourth-order valence-corrected chi connectivity index (χ4v) is 3.91. The van der Waals surface area contributed by atoms with Gasteiger partial charge in [-0.25, -0.2) is 4.68 Å². The molecule has 0 amide bonds. The summed E-state index contributed by atoms with van der Waals surface area (Å²) in [5, 5.41) is 28.4. The van der Waals surface area contributed by atoms with E-state index in [1.807, 2.05) is 97.1 Å². The van der Waals surface area contributed by atoms with Crippen molar-refractivity contribution >= 4 is 34.7 Å². The summed E-state index contributed by atoms with van der Waals surface area (Å²) in [6.07, 6.45) is 1.44. The van der Waals surface area contributed by atoms with Gasteiger partial charge in [0.25, 0.3) is 0 Å². The van der Waals surface area contributed by atoms with Crippen molar-refractivity contribution in [2.45, 2.75) is 6.61 Å². The summed E-state index contributed by atoms with van der Waals surface area (Å²) in [4.78, 5) is 0. The number of anilines is 3. The molecule has 2 aromatic heterocycles. The van der Waals surface area contributed by atoms with Crippen LogP contribution in [0.3, 0.4) is 0 Å². The number of hydrogen-bond acceptors (Lipinski definition) is 7. The van der Waals surface area contributed by atoms with Gasteiger partial charge in [0.2, 0.25) is 0 Å². The highest BCUT2D eigenvalue weighted by Gasteiger charge is 2.10. The molecular weight excluding hydrogens is 496 g/mol. The number of nitriles is 1. The third-order valence-electron chi connectivity index (χ3n) is 5.64. The van der Waals surface area contributed by atoms with Crippen LogP contribution in [0.2, 0.25) is 0 Å². The standard InChI is InChI=1S/C28H22N8OS/c29-16-21-17-31-36(27(21)30)22-10-12-23(13-11-22)37-18-20-8-4-5-9-24(20)32-28(38)33-26-15-14-25(34-35-26)19-6-2-1-3-7-19/h1-15,17H,18,30H2,(H2,32,33,35,38). The number of ether oxygens (including phenoxy) is 1. The summed E-state index contributed by atoms with van der Waals surface area (Å²) < 4.78 is 7.50. The van der Waals surface area contributed by atoms with E-state index in [-0.39, 0.29) is 0 Å². The van der Waals surface area contributed by atoms with Crippen LogP contribution in [0.1, 0.15) is 11.1 Å². The van der Waals surface area contributed by atoms with Crippen molar-refractivity contribution in [3.8, 4) is 28.8 Å². The van der Waals surface area contributed by atoms with E-state index < -0.39 is 0 Å². The number of rotatable bonds is 7. The number of nitrogens with zero attached hydrogens (tertiary/aromatic N) is 5. The van der Waals surface area contributed by atoms with E-state index >= 15 is 0 Å². The van der Waals surface area contributed by atoms with Crippen LogP contribution < -0.4 is 21.1 Å². The summed E-state index contributed by atoms with van der Waals surface area (Å²) in [5.74, 6) is 1.50. The average Bonchev–Trinajstić information content (AvgIpc) is 3.34. The van der Waals surface area contributed by atoms with Crippen LogP contribution in [0.5, 0.6) is 5.75 Å². The van der Waals surface area contributed by atoms with Crippen LogP contribution in [0.25, 0.3) is 16.9 Å². The Kier molecular flexibility index (Phi) is 7.20. The third-order valence-corrected chi connectivity index (χ3v) is 5.85. The van der Waals surface area contributed by atoms with Gasteiger partial charge in [-0.2, -0.15) is 10.4 Å². The predicted molar refractivity (Wildman–Crippen MR) is 151 cm³/mol. The first-order chi connectivity index (χ1) is 18.6. The summed E-state index contributed by atoms with van der Waals surface area (Å²) in [6, 6.07) is 30.6. The molecule has 0 atom stereocenters. The highest BCUT2D eigenvalue weighted by atomic mass is 32.1. The van der Waals surface area contributed by atoms with Gasteiger partial charge < -0.3 is 21.1 Å². The molecule has 0 aliphatic heterocycles. The van der Waals surface area contributed by atoms with Gasteiger partial charge in [-0.15, -0.1) is 10.2 Å². The molecular formula is C28H22N8OS. The maximum atomic E-state index is 9.07. The lowest BCUT2D eigenvalue weighted by Gasteiger charge is -2.14. The van der Waals surface area contributed by atoms with E-state index in [1.54, 1.807) is 0 Å². The summed E-state index contributed by atoms with van der Waals surface area (Å²) in [7, 11) is 0. The molecule has 0 spiro atoms. The molecule has 0 radical (unpaired) electrons. The Labute approximate surface area is 224 Å². The number of aromatic nitrogens is 4. The number of hydrogen-bond donors (Lipinski definition) is 3. The van der Waals surface area contributed by atoms with Gasteiger partial charge >= 0.3 is 0 Å². The molecule has 4 N–H and O–H groups in total. The Hall–Kier alpha value is -5.27. The van der Waals surface area contributed by atoms with Crippen LogP contribution in [0.4, 0.5) is 17.3 Å². The molecule has 0 saturated carbocycles. The van der Waals surface area contributed by atoms with Crippen molar-refractivity contribution < 1.29 is 4.74 Å². The number of nitrogen functional groups attached to an aromatic ring is 1. The maximum absolute atomic E-state index is 9.07. The number of nitrogens with two attached hydrogens (primary N) is 1. The molecule has 0 aliphatic rings. The smallest absolute Gasteiger partial charge is 0.176 e. The number of thiocarbonyl (C=S) groups is 1.